The molecule has 1 aromatic rings. The number of ether oxygens (including phenoxy) is 1. The normalized spacial score (nSPS) is 10.1. The minimum atomic E-state index is 0.667. The van der Waals surface area contributed by atoms with Gasteiger partial charge < -0.3 is 15.4 Å². The van der Waals surface area contributed by atoms with E-state index in [1.807, 2.05) is 19.2 Å². The minimum absolute atomic E-state index is 0.667. The van der Waals surface area contributed by atoms with E-state index < -0.39 is 0 Å². The number of methoxy groups -OCH3 is 1. The fraction of sp³-hybridized carbons (Fsp3) is 0.556. The van der Waals surface area contributed by atoms with E-state index in [2.05, 4.69) is 20.8 Å². The summed E-state index contributed by atoms with van der Waals surface area (Å²) in [5.41, 5.74) is 0.935. The first-order valence-electron chi connectivity index (χ1n) is 4.57. The summed E-state index contributed by atoms with van der Waals surface area (Å²) in [5.74, 6) is 0.780. The molecular formula is C9H16N4O. The van der Waals surface area contributed by atoms with Crippen LogP contribution < -0.4 is 10.6 Å². The Bertz CT molecular complexity index is 249. The van der Waals surface area contributed by atoms with E-state index in [-0.39, 0.29) is 0 Å². The standard InChI is InChI=1S/C9H16N4O/c1-10-7-8-3-4-9(13-12-8)11-5-6-14-2/h3-4,10H,5-7H2,1-2H3,(H,11,13). The average molecular weight is 196 g/mol. The average Bonchev–Trinajstić information content (AvgIpc) is 2.21. The molecule has 1 aromatic heterocycles. The second-order valence-corrected chi connectivity index (χ2v) is 2.86. The van der Waals surface area contributed by atoms with Gasteiger partial charge in [0.25, 0.3) is 0 Å². The summed E-state index contributed by atoms with van der Waals surface area (Å²) in [4.78, 5) is 0. The van der Waals surface area contributed by atoms with E-state index in [1.165, 1.54) is 0 Å². The molecule has 0 spiro atoms. The van der Waals surface area contributed by atoms with Crippen molar-refractivity contribution in [1.29, 1.82) is 0 Å². The number of anilines is 1. The van der Waals surface area contributed by atoms with Crippen LogP contribution in [0, 0.1) is 0 Å². The molecule has 0 aromatic carbocycles. The molecule has 1 heterocycles. The highest BCUT2D eigenvalue weighted by atomic mass is 16.5. The lowest BCUT2D eigenvalue weighted by atomic mass is 10.4. The number of hydrogen-bond donors (Lipinski definition) is 2. The molecule has 78 valence electrons. The molecule has 0 radical (unpaired) electrons. The first kappa shape index (κ1) is 10.9. The zero-order valence-corrected chi connectivity index (χ0v) is 8.58. The molecule has 0 saturated heterocycles. The lowest BCUT2D eigenvalue weighted by Crippen LogP contribution is -2.11. The van der Waals surface area contributed by atoms with Crippen molar-refractivity contribution >= 4 is 5.82 Å². The van der Waals surface area contributed by atoms with E-state index in [0.29, 0.717) is 6.61 Å². The summed E-state index contributed by atoms with van der Waals surface area (Å²) in [6, 6.07) is 3.86. The van der Waals surface area contributed by atoms with Gasteiger partial charge in [0.2, 0.25) is 0 Å². The van der Waals surface area contributed by atoms with Crippen LogP contribution in [-0.4, -0.2) is 37.5 Å². The molecule has 0 atom stereocenters. The molecular weight excluding hydrogens is 180 g/mol. The predicted octanol–water partition coefficient (Wildman–Crippen LogP) is 0.254. The molecule has 0 fully saturated rings. The van der Waals surface area contributed by atoms with Crippen molar-refractivity contribution in [2.45, 2.75) is 6.54 Å². The molecule has 0 bridgehead atoms. The summed E-state index contributed by atoms with van der Waals surface area (Å²) in [6.07, 6.45) is 0. The molecule has 0 aliphatic heterocycles. The molecule has 2 N–H and O–H groups in total. The first-order chi connectivity index (χ1) is 6.86. The minimum Gasteiger partial charge on any atom is -0.383 e. The Hall–Kier alpha value is -1.20. The van der Waals surface area contributed by atoms with E-state index in [9.17, 15) is 0 Å². The lowest BCUT2D eigenvalue weighted by molar-refractivity contribution is 0.210. The Morgan fingerprint density at radius 2 is 2.21 bits per heavy atom. The third kappa shape index (κ3) is 3.68. The fourth-order valence-electron chi connectivity index (χ4n) is 1.01. The monoisotopic (exact) mass is 196 g/mol. The van der Waals surface area contributed by atoms with Crippen LogP contribution in [-0.2, 0) is 11.3 Å². The van der Waals surface area contributed by atoms with Gasteiger partial charge in [0, 0.05) is 20.2 Å². The van der Waals surface area contributed by atoms with Crippen molar-refractivity contribution in [3.63, 3.8) is 0 Å². The predicted molar refractivity (Wildman–Crippen MR) is 55.2 cm³/mol. The van der Waals surface area contributed by atoms with E-state index in [0.717, 1.165) is 24.6 Å². The van der Waals surface area contributed by atoms with Crippen LogP contribution in [0.3, 0.4) is 0 Å². The first-order valence-corrected chi connectivity index (χ1v) is 4.57. The van der Waals surface area contributed by atoms with Gasteiger partial charge in [-0.2, -0.15) is 5.10 Å². The van der Waals surface area contributed by atoms with Gasteiger partial charge in [-0.25, -0.2) is 0 Å². The molecule has 14 heavy (non-hydrogen) atoms. The van der Waals surface area contributed by atoms with Crippen molar-refractivity contribution in [2.75, 3.05) is 32.6 Å². The number of rotatable bonds is 6. The molecule has 5 heteroatoms. The number of nitrogens with one attached hydrogen (secondary N) is 2. The molecule has 0 aliphatic rings. The molecule has 5 nitrogen and oxygen atoms in total. The molecule has 0 unspecified atom stereocenters. The zero-order valence-electron chi connectivity index (χ0n) is 8.58. The van der Waals surface area contributed by atoms with E-state index >= 15 is 0 Å². The summed E-state index contributed by atoms with van der Waals surface area (Å²) in [7, 11) is 3.55. The Balaban J connectivity index is 2.38. The SMILES string of the molecule is CNCc1ccc(NCCOC)nn1. The van der Waals surface area contributed by atoms with Crippen LogP contribution in [0.1, 0.15) is 5.69 Å². The van der Waals surface area contributed by atoms with E-state index in [4.69, 9.17) is 4.74 Å². The number of hydrogen-bond acceptors (Lipinski definition) is 5. The van der Waals surface area contributed by atoms with Gasteiger partial charge in [-0.3, -0.25) is 0 Å². The van der Waals surface area contributed by atoms with Crippen molar-refractivity contribution in [2.24, 2.45) is 0 Å². The maximum absolute atomic E-state index is 4.91. The second kappa shape index (κ2) is 6.28. The number of nitrogens with zero attached hydrogens (tertiary/aromatic N) is 2. The molecule has 0 saturated carbocycles. The van der Waals surface area contributed by atoms with E-state index in [1.54, 1.807) is 7.11 Å². The fourth-order valence-corrected chi connectivity index (χ4v) is 1.01. The van der Waals surface area contributed by atoms with Crippen LogP contribution in [0.15, 0.2) is 12.1 Å². The molecule has 0 aliphatic carbocycles. The second-order valence-electron chi connectivity index (χ2n) is 2.86. The summed E-state index contributed by atoms with van der Waals surface area (Å²) < 4.78 is 4.91. The topological polar surface area (TPSA) is 59.1 Å². The van der Waals surface area contributed by atoms with Crippen LogP contribution in [0.25, 0.3) is 0 Å². The highest BCUT2D eigenvalue weighted by Gasteiger charge is 1.95. The Kier molecular flexibility index (Phi) is 4.88. The van der Waals surface area contributed by atoms with Gasteiger partial charge in [-0.1, -0.05) is 0 Å². The van der Waals surface area contributed by atoms with Gasteiger partial charge in [0.05, 0.1) is 12.3 Å². The largest absolute Gasteiger partial charge is 0.383 e. The summed E-state index contributed by atoms with van der Waals surface area (Å²) in [5, 5.41) is 14.2. The summed E-state index contributed by atoms with van der Waals surface area (Å²) in [6.45, 7) is 2.15. The van der Waals surface area contributed by atoms with Crippen LogP contribution in [0.5, 0.6) is 0 Å². The Morgan fingerprint density at radius 1 is 1.36 bits per heavy atom. The number of aromatic nitrogens is 2. The molecule has 1 rings (SSSR count). The van der Waals surface area contributed by atoms with Crippen molar-refractivity contribution < 1.29 is 4.74 Å². The summed E-state index contributed by atoms with van der Waals surface area (Å²) >= 11 is 0. The van der Waals surface area contributed by atoms with Crippen LogP contribution >= 0.6 is 0 Å². The van der Waals surface area contributed by atoms with Gasteiger partial charge in [-0.15, -0.1) is 5.10 Å². The zero-order chi connectivity index (χ0) is 10.2. The van der Waals surface area contributed by atoms with Gasteiger partial charge in [-0.05, 0) is 19.2 Å². The van der Waals surface area contributed by atoms with Gasteiger partial charge in [0.15, 0.2) is 0 Å². The highest BCUT2D eigenvalue weighted by Crippen LogP contribution is 2.00. The third-order valence-corrected chi connectivity index (χ3v) is 1.69. The third-order valence-electron chi connectivity index (χ3n) is 1.69. The van der Waals surface area contributed by atoms with Gasteiger partial charge in [0.1, 0.15) is 5.82 Å². The van der Waals surface area contributed by atoms with Crippen molar-refractivity contribution in [3.8, 4) is 0 Å². The highest BCUT2D eigenvalue weighted by molar-refractivity contribution is 5.32. The maximum atomic E-state index is 4.91. The van der Waals surface area contributed by atoms with Gasteiger partial charge >= 0.3 is 0 Å². The van der Waals surface area contributed by atoms with Crippen molar-refractivity contribution in [3.05, 3.63) is 17.8 Å². The smallest absolute Gasteiger partial charge is 0.148 e. The van der Waals surface area contributed by atoms with Crippen molar-refractivity contribution in [1.82, 2.24) is 15.5 Å². The maximum Gasteiger partial charge on any atom is 0.148 e. The lowest BCUT2D eigenvalue weighted by Gasteiger charge is -2.04. The van der Waals surface area contributed by atoms with Crippen LogP contribution in [0.4, 0.5) is 5.82 Å². The Morgan fingerprint density at radius 3 is 2.79 bits per heavy atom. The van der Waals surface area contributed by atoms with Crippen LogP contribution in [0.2, 0.25) is 0 Å². The quantitative estimate of drug-likeness (QED) is 0.639. The molecule has 0 amide bonds. The Labute approximate surface area is 83.9 Å².